The molecule has 0 unspecified atom stereocenters. The third kappa shape index (κ3) is 4.59. The molecule has 0 aromatic carbocycles. The molecular weight excluding hydrogens is 214 g/mol. The minimum absolute atomic E-state index is 0.0958. The zero-order valence-corrected chi connectivity index (χ0v) is 11.2. The molecule has 1 aromatic heterocycles. The largest absolute Gasteiger partial charge is 0.445 e. The molecule has 0 atom stereocenters. The number of nitrogens with zero attached hydrogens (tertiary/aromatic N) is 1. The molecule has 0 radical (unpaired) electrons. The highest BCUT2D eigenvalue weighted by atomic mass is 16.4. The van der Waals surface area contributed by atoms with Gasteiger partial charge in [-0.25, -0.2) is 4.98 Å². The molecule has 0 fully saturated rings. The fourth-order valence-corrected chi connectivity index (χ4v) is 1.75. The second-order valence-corrected chi connectivity index (χ2v) is 5.38. The summed E-state index contributed by atoms with van der Waals surface area (Å²) in [5.74, 6) is 2.72. The molecule has 0 aliphatic heterocycles. The molecule has 0 saturated heterocycles. The third-order valence-electron chi connectivity index (χ3n) is 2.36. The number of amidine groups is 1. The number of nitrogens with one attached hydrogen (secondary N) is 1. The number of hydrogen-bond donors (Lipinski definition) is 2. The van der Waals surface area contributed by atoms with Crippen molar-refractivity contribution in [1.29, 1.82) is 5.41 Å². The lowest BCUT2D eigenvalue weighted by Crippen LogP contribution is -2.12. The van der Waals surface area contributed by atoms with E-state index in [9.17, 15) is 0 Å². The minimum Gasteiger partial charge on any atom is -0.445 e. The highest BCUT2D eigenvalue weighted by Crippen LogP contribution is 2.19. The minimum atomic E-state index is 0.0958. The third-order valence-corrected chi connectivity index (χ3v) is 2.36. The van der Waals surface area contributed by atoms with Crippen molar-refractivity contribution in [2.45, 2.75) is 47.0 Å². The van der Waals surface area contributed by atoms with Crippen LogP contribution in [0.3, 0.4) is 0 Å². The molecule has 0 bridgehead atoms. The predicted octanol–water partition coefficient (Wildman–Crippen LogP) is 2.55. The highest BCUT2D eigenvalue weighted by Gasteiger charge is 2.15. The molecule has 1 aromatic rings. The Morgan fingerprint density at radius 3 is 2.29 bits per heavy atom. The SMILES string of the molecule is CC(C)Cc1nc(CC(=N)N)oc1CC(C)C. The summed E-state index contributed by atoms with van der Waals surface area (Å²) in [5, 5.41) is 7.27. The van der Waals surface area contributed by atoms with Gasteiger partial charge in [0, 0.05) is 6.42 Å². The van der Waals surface area contributed by atoms with E-state index in [0.717, 1.165) is 24.3 Å². The molecule has 4 nitrogen and oxygen atoms in total. The van der Waals surface area contributed by atoms with Crippen LogP contribution in [0.2, 0.25) is 0 Å². The van der Waals surface area contributed by atoms with E-state index in [1.807, 2.05) is 0 Å². The van der Waals surface area contributed by atoms with Crippen molar-refractivity contribution in [2.75, 3.05) is 0 Å². The number of aromatic nitrogens is 1. The van der Waals surface area contributed by atoms with Crippen LogP contribution in [0.4, 0.5) is 0 Å². The predicted molar refractivity (Wildman–Crippen MR) is 69.2 cm³/mol. The normalized spacial score (nSPS) is 11.4. The maximum atomic E-state index is 7.27. The Kier molecular flexibility index (Phi) is 4.73. The number of oxazole rings is 1. The Hall–Kier alpha value is -1.32. The fourth-order valence-electron chi connectivity index (χ4n) is 1.75. The van der Waals surface area contributed by atoms with Crippen LogP contribution >= 0.6 is 0 Å². The smallest absolute Gasteiger partial charge is 0.202 e. The standard InChI is InChI=1S/C13H23N3O/c1-8(2)5-10-11(6-9(3)4)17-13(16-10)7-12(14)15/h8-9H,5-7H2,1-4H3,(H3,14,15). The zero-order valence-electron chi connectivity index (χ0n) is 11.2. The van der Waals surface area contributed by atoms with E-state index in [-0.39, 0.29) is 5.84 Å². The van der Waals surface area contributed by atoms with Gasteiger partial charge in [-0.15, -0.1) is 0 Å². The molecule has 17 heavy (non-hydrogen) atoms. The summed E-state index contributed by atoms with van der Waals surface area (Å²) in [5.41, 5.74) is 6.40. The molecule has 1 heterocycles. The van der Waals surface area contributed by atoms with Gasteiger partial charge in [-0.05, 0) is 18.3 Å². The molecule has 1 rings (SSSR count). The first kappa shape index (κ1) is 13.7. The van der Waals surface area contributed by atoms with E-state index in [0.29, 0.717) is 24.1 Å². The molecular formula is C13H23N3O. The Morgan fingerprint density at radius 2 is 1.82 bits per heavy atom. The lowest BCUT2D eigenvalue weighted by molar-refractivity contribution is 0.438. The fraction of sp³-hybridized carbons (Fsp3) is 0.692. The highest BCUT2D eigenvalue weighted by molar-refractivity contribution is 5.78. The Morgan fingerprint density at radius 1 is 1.24 bits per heavy atom. The van der Waals surface area contributed by atoms with Crippen molar-refractivity contribution < 1.29 is 4.42 Å². The molecule has 96 valence electrons. The van der Waals surface area contributed by atoms with Crippen LogP contribution < -0.4 is 5.73 Å². The van der Waals surface area contributed by atoms with Crippen molar-refractivity contribution in [3.8, 4) is 0 Å². The molecule has 0 saturated carbocycles. The van der Waals surface area contributed by atoms with E-state index in [4.69, 9.17) is 15.6 Å². The first-order valence-electron chi connectivity index (χ1n) is 6.18. The van der Waals surface area contributed by atoms with Gasteiger partial charge in [0.2, 0.25) is 5.89 Å². The average molecular weight is 237 g/mol. The zero-order chi connectivity index (χ0) is 13.0. The number of rotatable bonds is 6. The average Bonchev–Trinajstić information content (AvgIpc) is 2.44. The maximum Gasteiger partial charge on any atom is 0.202 e. The number of nitrogens with two attached hydrogens (primary N) is 1. The molecule has 4 heteroatoms. The monoisotopic (exact) mass is 237 g/mol. The van der Waals surface area contributed by atoms with Crippen LogP contribution in [-0.4, -0.2) is 10.8 Å². The van der Waals surface area contributed by atoms with E-state index in [2.05, 4.69) is 32.7 Å². The van der Waals surface area contributed by atoms with Crippen molar-refractivity contribution in [2.24, 2.45) is 17.6 Å². The van der Waals surface area contributed by atoms with Gasteiger partial charge in [0.25, 0.3) is 0 Å². The van der Waals surface area contributed by atoms with Gasteiger partial charge in [-0.1, -0.05) is 27.7 Å². The lowest BCUT2D eigenvalue weighted by atomic mass is 10.0. The van der Waals surface area contributed by atoms with Crippen molar-refractivity contribution in [1.82, 2.24) is 4.98 Å². The van der Waals surface area contributed by atoms with Gasteiger partial charge >= 0.3 is 0 Å². The maximum absolute atomic E-state index is 7.27. The van der Waals surface area contributed by atoms with Crippen LogP contribution in [0.1, 0.15) is 45.0 Å². The topological polar surface area (TPSA) is 75.9 Å². The van der Waals surface area contributed by atoms with E-state index in [1.165, 1.54) is 0 Å². The second kappa shape index (κ2) is 5.84. The van der Waals surface area contributed by atoms with Crippen LogP contribution in [0.25, 0.3) is 0 Å². The van der Waals surface area contributed by atoms with Gasteiger partial charge < -0.3 is 10.2 Å². The first-order chi connectivity index (χ1) is 7.88. The first-order valence-corrected chi connectivity index (χ1v) is 6.18. The Labute approximate surface area is 103 Å². The summed E-state index contributed by atoms with van der Waals surface area (Å²) >= 11 is 0. The molecule has 0 aliphatic carbocycles. The summed E-state index contributed by atoms with van der Waals surface area (Å²) in [4.78, 5) is 4.46. The Bertz CT molecular complexity index is 353. The van der Waals surface area contributed by atoms with Crippen LogP contribution in [-0.2, 0) is 19.3 Å². The van der Waals surface area contributed by atoms with Gasteiger partial charge in [0.05, 0.1) is 18.0 Å². The van der Waals surface area contributed by atoms with Gasteiger partial charge in [0.15, 0.2) is 0 Å². The van der Waals surface area contributed by atoms with Crippen molar-refractivity contribution >= 4 is 5.84 Å². The number of hydrogen-bond acceptors (Lipinski definition) is 3. The quantitative estimate of drug-likeness (QED) is 0.589. The van der Waals surface area contributed by atoms with Crippen molar-refractivity contribution in [3.05, 3.63) is 17.3 Å². The van der Waals surface area contributed by atoms with Crippen LogP contribution in [0.15, 0.2) is 4.42 Å². The molecule has 0 amide bonds. The summed E-state index contributed by atoms with van der Waals surface area (Å²) in [7, 11) is 0. The van der Waals surface area contributed by atoms with E-state index < -0.39 is 0 Å². The van der Waals surface area contributed by atoms with Crippen LogP contribution in [0.5, 0.6) is 0 Å². The summed E-state index contributed by atoms with van der Waals surface area (Å²) in [6.07, 6.45) is 2.12. The van der Waals surface area contributed by atoms with Crippen LogP contribution in [0, 0.1) is 17.2 Å². The van der Waals surface area contributed by atoms with Gasteiger partial charge in [-0.3, -0.25) is 5.41 Å². The van der Waals surface area contributed by atoms with Gasteiger partial charge in [-0.2, -0.15) is 0 Å². The van der Waals surface area contributed by atoms with Crippen molar-refractivity contribution in [3.63, 3.8) is 0 Å². The lowest BCUT2D eigenvalue weighted by Gasteiger charge is -2.05. The summed E-state index contributed by atoms with van der Waals surface area (Å²) in [6.45, 7) is 8.65. The molecule has 0 aliphatic rings. The Balaban J connectivity index is 2.90. The van der Waals surface area contributed by atoms with E-state index in [1.54, 1.807) is 0 Å². The summed E-state index contributed by atoms with van der Waals surface area (Å²) < 4.78 is 5.71. The van der Waals surface area contributed by atoms with Gasteiger partial charge in [0.1, 0.15) is 5.76 Å². The molecule has 0 spiro atoms. The summed E-state index contributed by atoms with van der Waals surface area (Å²) in [6, 6.07) is 0. The second-order valence-electron chi connectivity index (χ2n) is 5.38. The molecule has 3 N–H and O–H groups in total. The van der Waals surface area contributed by atoms with E-state index >= 15 is 0 Å².